The summed E-state index contributed by atoms with van der Waals surface area (Å²) in [5.74, 6) is 1.19. The van der Waals surface area contributed by atoms with Crippen molar-refractivity contribution in [2.45, 2.75) is 78.2 Å². The van der Waals surface area contributed by atoms with Crippen molar-refractivity contribution in [3.05, 3.63) is 22.8 Å². The van der Waals surface area contributed by atoms with E-state index in [-0.39, 0.29) is 21.9 Å². The smallest absolute Gasteiger partial charge is 0.308 e. The van der Waals surface area contributed by atoms with E-state index < -0.39 is 5.60 Å². The molecule has 0 saturated carbocycles. The molecule has 0 bridgehead atoms. The fourth-order valence-electron chi connectivity index (χ4n) is 3.59. The first-order valence-electron chi connectivity index (χ1n) is 9.25. The lowest BCUT2D eigenvalue weighted by atomic mass is 9.76. The number of carbonyl (C=O) groups is 1. The first-order chi connectivity index (χ1) is 12.1. The molecule has 0 spiro atoms. The summed E-state index contributed by atoms with van der Waals surface area (Å²) in [6.45, 7) is 16.7. The van der Waals surface area contributed by atoms with E-state index in [1.165, 1.54) is 6.92 Å². The quantitative estimate of drug-likeness (QED) is 0.464. The number of fused-ring (bicyclic) bond motifs is 1. The molecule has 0 aromatic heterocycles. The second-order valence-corrected chi connectivity index (χ2v) is 10.1. The van der Waals surface area contributed by atoms with Crippen LogP contribution in [0.5, 0.6) is 11.5 Å². The Kier molecular flexibility index (Phi) is 5.54. The van der Waals surface area contributed by atoms with Crippen molar-refractivity contribution in [2.75, 3.05) is 6.54 Å². The summed E-state index contributed by atoms with van der Waals surface area (Å²) in [6, 6.07) is 2.02. The Bertz CT molecular complexity index is 775. The standard InChI is InChI=1S/C21H32N2O3S/c1-12(24)25-17-14(19(2,3)4)9-15-13(16(17)20(5,6)7)10-21(8,26-15)11-23-18(22)27/h9H,10-11H2,1-8H3,(H3,22,23,27). The van der Waals surface area contributed by atoms with Gasteiger partial charge in [0.1, 0.15) is 17.1 Å². The van der Waals surface area contributed by atoms with E-state index >= 15 is 0 Å². The predicted octanol–water partition coefficient (Wildman–Crippen LogP) is 3.73. The zero-order valence-corrected chi connectivity index (χ0v) is 18.5. The molecule has 0 saturated heterocycles. The molecule has 1 aliphatic heterocycles. The maximum absolute atomic E-state index is 11.9. The molecule has 3 N–H and O–H groups in total. The van der Waals surface area contributed by atoms with Gasteiger partial charge < -0.3 is 20.5 Å². The number of ether oxygens (including phenoxy) is 2. The summed E-state index contributed by atoms with van der Waals surface area (Å²) in [5, 5.41) is 3.26. The normalized spacial score (nSPS) is 19.3. The minimum atomic E-state index is -0.476. The molecule has 6 heteroatoms. The highest BCUT2D eigenvalue weighted by Gasteiger charge is 2.42. The monoisotopic (exact) mass is 392 g/mol. The average Bonchev–Trinajstić information content (AvgIpc) is 2.77. The number of thiocarbonyl (C=S) groups is 1. The first-order valence-corrected chi connectivity index (χ1v) is 9.66. The van der Waals surface area contributed by atoms with Gasteiger partial charge in [-0.1, -0.05) is 41.5 Å². The second kappa shape index (κ2) is 6.97. The second-order valence-electron chi connectivity index (χ2n) is 9.65. The Balaban J connectivity index is 2.69. The topological polar surface area (TPSA) is 73.6 Å². The fourth-order valence-corrected chi connectivity index (χ4v) is 3.67. The molecule has 0 fully saturated rings. The van der Waals surface area contributed by atoms with Gasteiger partial charge in [0.25, 0.3) is 0 Å². The molecule has 2 rings (SSSR count). The zero-order valence-electron chi connectivity index (χ0n) is 17.7. The third kappa shape index (κ3) is 4.72. The van der Waals surface area contributed by atoms with Gasteiger partial charge >= 0.3 is 5.97 Å². The Hall–Kier alpha value is -1.82. The van der Waals surface area contributed by atoms with Crippen LogP contribution in [0.1, 0.15) is 72.1 Å². The van der Waals surface area contributed by atoms with Crippen LogP contribution < -0.4 is 20.5 Å². The van der Waals surface area contributed by atoms with Crippen LogP contribution in [0, 0.1) is 0 Å². The molecule has 1 heterocycles. The van der Waals surface area contributed by atoms with Crippen LogP contribution in [0.25, 0.3) is 0 Å². The Labute approximate surface area is 168 Å². The van der Waals surface area contributed by atoms with Gasteiger partial charge in [0, 0.05) is 30.0 Å². The summed E-state index contributed by atoms with van der Waals surface area (Å²) in [4.78, 5) is 11.9. The van der Waals surface area contributed by atoms with Crippen molar-refractivity contribution < 1.29 is 14.3 Å². The van der Waals surface area contributed by atoms with Crippen molar-refractivity contribution in [1.82, 2.24) is 5.32 Å². The van der Waals surface area contributed by atoms with Gasteiger partial charge in [0.2, 0.25) is 0 Å². The van der Waals surface area contributed by atoms with Crippen molar-refractivity contribution >= 4 is 23.3 Å². The van der Waals surface area contributed by atoms with E-state index in [1.807, 2.05) is 13.0 Å². The van der Waals surface area contributed by atoms with Crippen LogP contribution in [-0.4, -0.2) is 23.2 Å². The van der Waals surface area contributed by atoms with Gasteiger partial charge in [0.15, 0.2) is 5.11 Å². The highest BCUT2D eigenvalue weighted by molar-refractivity contribution is 7.80. The van der Waals surface area contributed by atoms with Crippen molar-refractivity contribution in [1.29, 1.82) is 0 Å². The number of nitrogens with one attached hydrogen (secondary N) is 1. The summed E-state index contributed by atoms with van der Waals surface area (Å²) < 4.78 is 12.1. The number of carbonyl (C=O) groups excluding carboxylic acids is 1. The lowest BCUT2D eigenvalue weighted by molar-refractivity contribution is -0.132. The summed E-state index contributed by atoms with van der Waals surface area (Å²) in [5.41, 5.74) is 7.77. The molecule has 150 valence electrons. The molecule has 1 atom stereocenters. The van der Waals surface area contributed by atoms with Gasteiger partial charge in [-0.15, -0.1) is 0 Å². The van der Waals surface area contributed by atoms with Crippen molar-refractivity contribution in [3.8, 4) is 11.5 Å². The van der Waals surface area contributed by atoms with Crippen LogP contribution in [0.3, 0.4) is 0 Å². The third-order valence-corrected chi connectivity index (χ3v) is 4.84. The van der Waals surface area contributed by atoms with E-state index in [4.69, 9.17) is 27.4 Å². The maximum atomic E-state index is 11.9. The number of esters is 1. The summed E-state index contributed by atoms with van der Waals surface area (Å²) in [6.07, 6.45) is 0.684. The van der Waals surface area contributed by atoms with E-state index in [1.54, 1.807) is 0 Å². The highest BCUT2D eigenvalue weighted by atomic mass is 32.1. The molecule has 1 aliphatic rings. The lowest BCUT2D eigenvalue weighted by Gasteiger charge is -2.30. The molecule has 1 unspecified atom stereocenters. The van der Waals surface area contributed by atoms with Gasteiger partial charge in [-0.2, -0.15) is 0 Å². The van der Waals surface area contributed by atoms with Crippen molar-refractivity contribution in [2.24, 2.45) is 5.73 Å². The van der Waals surface area contributed by atoms with Gasteiger partial charge in [-0.25, -0.2) is 0 Å². The lowest BCUT2D eigenvalue weighted by Crippen LogP contribution is -2.45. The minimum Gasteiger partial charge on any atom is -0.485 e. The number of hydrogen-bond donors (Lipinski definition) is 2. The number of rotatable bonds is 3. The molecule has 1 aromatic rings. The van der Waals surface area contributed by atoms with Crippen LogP contribution >= 0.6 is 12.2 Å². The highest BCUT2D eigenvalue weighted by Crippen LogP contribution is 2.50. The average molecular weight is 393 g/mol. The van der Waals surface area contributed by atoms with Crippen LogP contribution in [0.2, 0.25) is 0 Å². The zero-order chi connectivity index (χ0) is 20.8. The van der Waals surface area contributed by atoms with E-state index in [0.29, 0.717) is 18.7 Å². The number of hydrogen-bond acceptors (Lipinski definition) is 4. The van der Waals surface area contributed by atoms with E-state index in [2.05, 4.69) is 46.9 Å². The van der Waals surface area contributed by atoms with E-state index in [0.717, 1.165) is 22.4 Å². The Morgan fingerprint density at radius 2 is 1.89 bits per heavy atom. The van der Waals surface area contributed by atoms with Gasteiger partial charge in [-0.05, 0) is 36.0 Å². The predicted molar refractivity (Wildman–Crippen MR) is 113 cm³/mol. The van der Waals surface area contributed by atoms with Crippen LogP contribution in [-0.2, 0) is 22.0 Å². The fraction of sp³-hybridized carbons (Fsp3) is 0.619. The largest absolute Gasteiger partial charge is 0.485 e. The Morgan fingerprint density at radius 1 is 1.30 bits per heavy atom. The van der Waals surface area contributed by atoms with Crippen LogP contribution in [0.4, 0.5) is 0 Å². The third-order valence-electron chi connectivity index (χ3n) is 4.69. The van der Waals surface area contributed by atoms with E-state index in [9.17, 15) is 4.79 Å². The SMILES string of the molecule is CC(=O)Oc1c(C(C)(C)C)cc2c(c1C(C)(C)C)CC(C)(CNC(N)=S)O2. The molecule has 1 aromatic carbocycles. The molecule has 0 radical (unpaired) electrons. The maximum Gasteiger partial charge on any atom is 0.308 e. The van der Waals surface area contributed by atoms with Crippen molar-refractivity contribution in [3.63, 3.8) is 0 Å². The van der Waals surface area contributed by atoms with Gasteiger partial charge in [-0.3, -0.25) is 4.79 Å². The molecule has 0 amide bonds. The molecule has 5 nitrogen and oxygen atoms in total. The summed E-state index contributed by atoms with van der Waals surface area (Å²) >= 11 is 4.94. The van der Waals surface area contributed by atoms with Crippen LogP contribution in [0.15, 0.2) is 6.07 Å². The molecule has 27 heavy (non-hydrogen) atoms. The first kappa shape index (κ1) is 21.5. The summed E-state index contributed by atoms with van der Waals surface area (Å²) in [7, 11) is 0. The number of nitrogens with two attached hydrogens (primary N) is 1. The minimum absolute atomic E-state index is 0.209. The van der Waals surface area contributed by atoms with Gasteiger partial charge in [0.05, 0.1) is 6.54 Å². The molecular formula is C21H32N2O3S. The Morgan fingerprint density at radius 3 is 2.33 bits per heavy atom. The molecular weight excluding hydrogens is 360 g/mol. The molecule has 0 aliphatic carbocycles. The number of benzene rings is 1.